The van der Waals surface area contributed by atoms with Crippen LogP contribution < -0.4 is 9.47 Å². The normalized spacial score (nSPS) is 10.6. The first-order chi connectivity index (χ1) is 9.17. The van der Waals surface area contributed by atoms with E-state index in [0.717, 1.165) is 12.5 Å². The van der Waals surface area contributed by atoms with Crippen LogP contribution in [0.2, 0.25) is 0 Å². The van der Waals surface area contributed by atoms with E-state index in [9.17, 15) is 4.79 Å². The molecule has 0 heterocycles. The summed E-state index contributed by atoms with van der Waals surface area (Å²) in [4.78, 5) is 10.5. The van der Waals surface area contributed by atoms with E-state index >= 15 is 0 Å². The summed E-state index contributed by atoms with van der Waals surface area (Å²) in [5.41, 5.74) is 0.695. The first kappa shape index (κ1) is 15.0. The van der Waals surface area contributed by atoms with Crippen LogP contribution >= 0.6 is 0 Å². The molecular formula is C14H18O5. The smallest absolute Gasteiger partial charge is 0.328 e. The van der Waals surface area contributed by atoms with Crippen LogP contribution in [0.5, 0.6) is 11.5 Å². The Kier molecular flexibility index (Phi) is 6.46. The summed E-state index contributed by atoms with van der Waals surface area (Å²) >= 11 is 0. The van der Waals surface area contributed by atoms with Gasteiger partial charge >= 0.3 is 5.97 Å². The van der Waals surface area contributed by atoms with Crippen LogP contribution in [0.3, 0.4) is 0 Å². The van der Waals surface area contributed by atoms with Gasteiger partial charge in [-0.1, -0.05) is 0 Å². The average molecular weight is 266 g/mol. The molecule has 5 nitrogen and oxygen atoms in total. The van der Waals surface area contributed by atoms with Crippen molar-refractivity contribution in [2.75, 3.05) is 27.4 Å². The number of carbonyl (C=O) groups is 1. The van der Waals surface area contributed by atoms with Gasteiger partial charge in [-0.2, -0.15) is 0 Å². The second-order valence-corrected chi connectivity index (χ2v) is 3.77. The Balaban J connectivity index is 2.80. The lowest BCUT2D eigenvalue weighted by atomic mass is 10.1. The summed E-state index contributed by atoms with van der Waals surface area (Å²) < 4.78 is 15.7. The van der Waals surface area contributed by atoms with Crippen LogP contribution in [0.15, 0.2) is 24.3 Å². The van der Waals surface area contributed by atoms with Gasteiger partial charge in [-0.05, 0) is 18.2 Å². The van der Waals surface area contributed by atoms with Crippen LogP contribution in [0.1, 0.15) is 12.0 Å². The fourth-order valence-electron chi connectivity index (χ4n) is 1.45. The molecule has 0 spiro atoms. The van der Waals surface area contributed by atoms with E-state index in [-0.39, 0.29) is 0 Å². The van der Waals surface area contributed by atoms with Gasteiger partial charge in [0.15, 0.2) is 0 Å². The fraction of sp³-hybridized carbons (Fsp3) is 0.357. The van der Waals surface area contributed by atoms with Crippen molar-refractivity contribution in [1.29, 1.82) is 0 Å². The topological polar surface area (TPSA) is 65.0 Å². The lowest BCUT2D eigenvalue weighted by Gasteiger charge is -2.10. The molecule has 0 radical (unpaired) electrons. The van der Waals surface area contributed by atoms with E-state index in [1.54, 1.807) is 32.4 Å². The van der Waals surface area contributed by atoms with Gasteiger partial charge in [0.2, 0.25) is 0 Å². The molecule has 1 N–H and O–H groups in total. The zero-order chi connectivity index (χ0) is 14.1. The second-order valence-electron chi connectivity index (χ2n) is 3.77. The molecule has 0 saturated carbocycles. The van der Waals surface area contributed by atoms with Gasteiger partial charge in [0.25, 0.3) is 0 Å². The molecule has 19 heavy (non-hydrogen) atoms. The molecule has 0 aliphatic carbocycles. The molecule has 0 fully saturated rings. The van der Waals surface area contributed by atoms with Crippen LogP contribution in [0.25, 0.3) is 6.08 Å². The largest absolute Gasteiger partial charge is 0.497 e. The van der Waals surface area contributed by atoms with E-state index in [2.05, 4.69) is 0 Å². The first-order valence-corrected chi connectivity index (χ1v) is 5.88. The number of aliphatic carboxylic acids is 1. The van der Waals surface area contributed by atoms with Crippen molar-refractivity contribution in [3.8, 4) is 11.5 Å². The minimum atomic E-state index is -0.999. The summed E-state index contributed by atoms with van der Waals surface area (Å²) in [5.74, 6) is 0.253. The quantitative estimate of drug-likeness (QED) is 0.577. The number of benzene rings is 1. The van der Waals surface area contributed by atoms with Crippen molar-refractivity contribution >= 4 is 12.0 Å². The molecule has 0 aromatic heterocycles. The zero-order valence-corrected chi connectivity index (χ0v) is 11.1. The Morgan fingerprint density at radius 1 is 1.32 bits per heavy atom. The Labute approximate surface area is 112 Å². The van der Waals surface area contributed by atoms with Crippen LogP contribution in [0, 0.1) is 0 Å². The highest BCUT2D eigenvalue weighted by atomic mass is 16.5. The van der Waals surface area contributed by atoms with Crippen molar-refractivity contribution in [2.24, 2.45) is 0 Å². The number of carboxylic acid groups (broad SMARTS) is 1. The summed E-state index contributed by atoms with van der Waals surface area (Å²) in [6.07, 6.45) is 3.33. The molecule has 0 unspecified atom stereocenters. The number of rotatable bonds is 8. The van der Waals surface area contributed by atoms with Crippen LogP contribution in [-0.4, -0.2) is 38.5 Å². The maximum absolute atomic E-state index is 10.5. The van der Waals surface area contributed by atoms with Gasteiger partial charge in [-0.15, -0.1) is 0 Å². The van der Waals surface area contributed by atoms with Crippen molar-refractivity contribution in [2.45, 2.75) is 6.42 Å². The van der Waals surface area contributed by atoms with Gasteiger partial charge < -0.3 is 19.3 Å². The minimum absolute atomic E-state index is 0.495. The molecular weight excluding hydrogens is 248 g/mol. The van der Waals surface area contributed by atoms with E-state index in [1.807, 2.05) is 0 Å². The van der Waals surface area contributed by atoms with Gasteiger partial charge in [-0.3, -0.25) is 0 Å². The van der Waals surface area contributed by atoms with Gasteiger partial charge in [-0.25, -0.2) is 4.79 Å². The molecule has 1 aromatic rings. The third-order valence-corrected chi connectivity index (χ3v) is 2.38. The lowest BCUT2D eigenvalue weighted by molar-refractivity contribution is -0.131. The Morgan fingerprint density at radius 3 is 2.74 bits per heavy atom. The number of ether oxygens (including phenoxy) is 3. The first-order valence-electron chi connectivity index (χ1n) is 5.88. The molecule has 0 atom stereocenters. The number of carboxylic acids is 1. The SMILES string of the molecule is COCCCOc1cc(OC)ccc1C=CC(=O)O. The van der Waals surface area contributed by atoms with Crippen molar-refractivity contribution in [3.63, 3.8) is 0 Å². The van der Waals surface area contributed by atoms with Crippen LogP contribution in [0.4, 0.5) is 0 Å². The highest BCUT2D eigenvalue weighted by Crippen LogP contribution is 2.26. The molecule has 1 rings (SSSR count). The lowest BCUT2D eigenvalue weighted by Crippen LogP contribution is -2.02. The molecule has 1 aromatic carbocycles. The standard InChI is InChI=1S/C14H18O5/c1-17-8-3-9-19-13-10-12(18-2)6-4-11(13)5-7-14(15)16/h4-7,10H,3,8-9H2,1-2H3,(H,15,16). The van der Waals surface area contributed by atoms with Crippen molar-refractivity contribution in [1.82, 2.24) is 0 Å². The molecule has 0 amide bonds. The molecule has 0 aliphatic rings. The maximum atomic E-state index is 10.5. The van der Waals surface area contributed by atoms with E-state index < -0.39 is 5.97 Å². The van der Waals surface area contributed by atoms with E-state index in [4.69, 9.17) is 19.3 Å². The fourth-order valence-corrected chi connectivity index (χ4v) is 1.45. The summed E-state index contributed by atoms with van der Waals surface area (Å²) in [5, 5.41) is 8.64. The van der Waals surface area contributed by atoms with Gasteiger partial charge in [0.05, 0.1) is 13.7 Å². The van der Waals surface area contributed by atoms with Crippen molar-refractivity contribution < 1.29 is 24.1 Å². The number of methoxy groups -OCH3 is 2. The molecule has 0 saturated heterocycles. The Morgan fingerprint density at radius 2 is 2.11 bits per heavy atom. The highest BCUT2D eigenvalue weighted by Gasteiger charge is 2.04. The highest BCUT2D eigenvalue weighted by molar-refractivity contribution is 5.86. The molecule has 5 heteroatoms. The predicted octanol–water partition coefficient (Wildman–Crippen LogP) is 2.21. The number of hydrogen-bond donors (Lipinski definition) is 1. The zero-order valence-electron chi connectivity index (χ0n) is 11.1. The van der Waals surface area contributed by atoms with E-state index in [0.29, 0.717) is 30.3 Å². The molecule has 104 valence electrons. The third-order valence-electron chi connectivity index (χ3n) is 2.38. The third kappa shape index (κ3) is 5.44. The predicted molar refractivity (Wildman–Crippen MR) is 71.7 cm³/mol. The van der Waals surface area contributed by atoms with Gasteiger partial charge in [0.1, 0.15) is 11.5 Å². The molecule has 0 bridgehead atoms. The monoisotopic (exact) mass is 266 g/mol. The summed E-state index contributed by atoms with van der Waals surface area (Å²) in [7, 11) is 3.20. The maximum Gasteiger partial charge on any atom is 0.328 e. The van der Waals surface area contributed by atoms with Crippen LogP contribution in [-0.2, 0) is 9.53 Å². The minimum Gasteiger partial charge on any atom is -0.497 e. The van der Waals surface area contributed by atoms with E-state index in [1.165, 1.54) is 6.08 Å². The Bertz CT molecular complexity index is 439. The summed E-state index contributed by atoms with van der Waals surface area (Å²) in [6, 6.07) is 5.24. The molecule has 0 aliphatic heterocycles. The second kappa shape index (κ2) is 8.16. The van der Waals surface area contributed by atoms with Gasteiger partial charge in [0, 0.05) is 37.8 Å². The summed E-state index contributed by atoms with van der Waals surface area (Å²) in [6.45, 7) is 1.11. The van der Waals surface area contributed by atoms with Crippen molar-refractivity contribution in [3.05, 3.63) is 29.8 Å². The Hall–Kier alpha value is -2.01. The number of hydrogen-bond acceptors (Lipinski definition) is 4. The average Bonchev–Trinajstić information content (AvgIpc) is 2.41.